The molecule has 0 aliphatic carbocycles. The summed E-state index contributed by atoms with van der Waals surface area (Å²) in [6, 6.07) is 13.8. The van der Waals surface area contributed by atoms with Gasteiger partial charge in [0.05, 0.1) is 16.6 Å². The molecule has 0 N–H and O–H groups in total. The van der Waals surface area contributed by atoms with Crippen LogP contribution in [0.3, 0.4) is 0 Å². The van der Waals surface area contributed by atoms with Crippen LogP contribution in [0.15, 0.2) is 58.4 Å². The molecular formula is C19H14ClN2O4S-. The lowest BCUT2D eigenvalue weighted by atomic mass is 10.2. The van der Waals surface area contributed by atoms with E-state index in [1.54, 1.807) is 61.7 Å². The van der Waals surface area contributed by atoms with Crippen molar-refractivity contribution in [3.63, 3.8) is 0 Å². The fraction of sp³-hybridized carbons (Fsp3) is 0.105. The van der Waals surface area contributed by atoms with E-state index in [0.717, 1.165) is 0 Å². The van der Waals surface area contributed by atoms with Gasteiger partial charge >= 0.3 is 0 Å². The predicted molar refractivity (Wildman–Crippen MR) is 104 cm³/mol. The molecule has 1 amide bonds. The first kappa shape index (κ1) is 19.0. The average molecular weight is 402 g/mol. The molecule has 8 heteroatoms. The molecule has 2 aromatic carbocycles. The Morgan fingerprint density at radius 1 is 1.30 bits per heavy atom. The Morgan fingerprint density at radius 3 is 2.74 bits per heavy atom. The molecule has 0 unspecified atom stereocenters. The number of carbonyl (C=O) groups excluding carboxylic acids is 2. The van der Waals surface area contributed by atoms with Crippen LogP contribution in [0.2, 0.25) is 5.02 Å². The zero-order valence-corrected chi connectivity index (χ0v) is 15.8. The topological polar surface area (TPSA) is 82.0 Å². The molecule has 0 aromatic heterocycles. The summed E-state index contributed by atoms with van der Waals surface area (Å²) in [4.78, 5) is 29.4. The number of aliphatic imine (C=N–C) groups is 1. The van der Waals surface area contributed by atoms with Crippen molar-refractivity contribution >= 4 is 52.2 Å². The second kappa shape index (κ2) is 8.28. The van der Waals surface area contributed by atoms with E-state index in [-0.39, 0.29) is 5.91 Å². The monoisotopic (exact) mass is 401 g/mol. The van der Waals surface area contributed by atoms with Crippen molar-refractivity contribution in [2.45, 2.75) is 0 Å². The van der Waals surface area contributed by atoms with E-state index < -0.39 is 12.6 Å². The van der Waals surface area contributed by atoms with E-state index in [1.807, 2.05) is 0 Å². The second-order valence-corrected chi connectivity index (χ2v) is 7.02. The molecule has 1 aliphatic heterocycles. The van der Waals surface area contributed by atoms with Crippen molar-refractivity contribution < 1.29 is 19.4 Å². The molecular weight excluding hydrogens is 388 g/mol. The number of hydrogen-bond donors (Lipinski definition) is 0. The molecule has 1 aliphatic rings. The Bertz CT molecular complexity index is 941. The highest BCUT2D eigenvalue weighted by Crippen LogP contribution is 2.33. The maximum Gasteiger partial charge on any atom is 0.266 e. The number of ether oxygens (including phenoxy) is 1. The number of amides is 1. The summed E-state index contributed by atoms with van der Waals surface area (Å²) < 4.78 is 5.10. The first-order chi connectivity index (χ1) is 12.9. The van der Waals surface area contributed by atoms with Crippen LogP contribution in [0.5, 0.6) is 5.75 Å². The van der Waals surface area contributed by atoms with Crippen LogP contribution in [0.1, 0.15) is 5.56 Å². The zero-order chi connectivity index (χ0) is 19.4. The lowest BCUT2D eigenvalue weighted by Crippen LogP contribution is -2.28. The van der Waals surface area contributed by atoms with Crippen molar-refractivity contribution in [3.05, 3.63) is 64.0 Å². The lowest BCUT2D eigenvalue weighted by molar-refractivity contribution is -0.307. The number of benzene rings is 2. The Labute approximate surface area is 165 Å². The molecule has 3 rings (SSSR count). The molecule has 1 saturated heterocycles. The summed E-state index contributed by atoms with van der Waals surface area (Å²) in [6.45, 7) is -0.533. The van der Waals surface area contributed by atoms with Gasteiger partial charge in [0.1, 0.15) is 12.4 Å². The standard InChI is InChI=1S/C19H15ClN2O4S/c1-22-18(25)16(27-19(22)21-14-7-5-13(20)6-8-14)10-12-3-2-4-15(9-12)26-11-17(23)24/h2-10H,11H2,1H3,(H,23,24)/p-1/b16-10+,21-19?. The smallest absolute Gasteiger partial charge is 0.266 e. The van der Waals surface area contributed by atoms with Crippen molar-refractivity contribution in [1.82, 2.24) is 4.90 Å². The van der Waals surface area contributed by atoms with Crippen LogP contribution in [-0.2, 0) is 9.59 Å². The van der Waals surface area contributed by atoms with Crippen LogP contribution >= 0.6 is 23.4 Å². The highest BCUT2D eigenvalue weighted by molar-refractivity contribution is 8.18. The maximum absolute atomic E-state index is 12.5. The Morgan fingerprint density at radius 2 is 2.04 bits per heavy atom. The van der Waals surface area contributed by atoms with Crippen molar-refractivity contribution in [3.8, 4) is 5.75 Å². The van der Waals surface area contributed by atoms with Crippen molar-refractivity contribution in [2.75, 3.05) is 13.7 Å². The van der Waals surface area contributed by atoms with E-state index in [9.17, 15) is 14.7 Å². The van der Waals surface area contributed by atoms with Gasteiger partial charge in [-0.05, 0) is 59.8 Å². The van der Waals surface area contributed by atoms with E-state index >= 15 is 0 Å². The number of carboxylic acids is 1. The Balaban J connectivity index is 1.81. The van der Waals surface area contributed by atoms with Crippen LogP contribution in [0.4, 0.5) is 5.69 Å². The van der Waals surface area contributed by atoms with Crippen LogP contribution < -0.4 is 9.84 Å². The highest BCUT2D eigenvalue weighted by atomic mass is 35.5. The van der Waals surface area contributed by atoms with Gasteiger partial charge in [0, 0.05) is 12.1 Å². The summed E-state index contributed by atoms with van der Waals surface area (Å²) in [5.41, 5.74) is 1.41. The molecule has 138 valence electrons. The van der Waals surface area contributed by atoms with Crippen LogP contribution in [0, 0.1) is 0 Å². The summed E-state index contributed by atoms with van der Waals surface area (Å²) in [7, 11) is 1.66. The van der Waals surface area contributed by atoms with Gasteiger partial charge in [0.2, 0.25) is 0 Å². The number of carboxylic acid groups (broad SMARTS) is 1. The fourth-order valence-electron chi connectivity index (χ4n) is 2.27. The van der Waals surface area contributed by atoms with Gasteiger partial charge in [-0.3, -0.25) is 9.69 Å². The van der Waals surface area contributed by atoms with Crippen LogP contribution in [0.25, 0.3) is 6.08 Å². The van der Waals surface area contributed by atoms with Crippen molar-refractivity contribution in [1.29, 1.82) is 0 Å². The molecule has 27 heavy (non-hydrogen) atoms. The van der Waals surface area contributed by atoms with E-state index in [4.69, 9.17) is 16.3 Å². The molecule has 0 radical (unpaired) electrons. The molecule has 1 fully saturated rings. The third-order valence-electron chi connectivity index (χ3n) is 3.57. The zero-order valence-electron chi connectivity index (χ0n) is 14.2. The lowest BCUT2D eigenvalue weighted by Gasteiger charge is -2.07. The highest BCUT2D eigenvalue weighted by Gasteiger charge is 2.30. The quantitative estimate of drug-likeness (QED) is 0.719. The summed E-state index contributed by atoms with van der Waals surface area (Å²) >= 11 is 7.13. The number of amidine groups is 1. The minimum absolute atomic E-state index is 0.172. The number of nitrogens with zero attached hydrogens (tertiary/aromatic N) is 2. The van der Waals surface area contributed by atoms with Gasteiger partial charge in [-0.1, -0.05) is 23.7 Å². The molecule has 0 saturated carbocycles. The predicted octanol–water partition coefficient (Wildman–Crippen LogP) is 2.70. The number of thioether (sulfide) groups is 1. The van der Waals surface area contributed by atoms with Gasteiger partial charge < -0.3 is 14.6 Å². The van der Waals surface area contributed by atoms with E-state index in [1.165, 1.54) is 16.7 Å². The minimum Gasteiger partial charge on any atom is -0.546 e. The van der Waals surface area contributed by atoms with Crippen LogP contribution in [-0.4, -0.2) is 35.6 Å². The van der Waals surface area contributed by atoms with E-state index in [2.05, 4.69) is 4.99 Å². The second-order valence-electron chi connectivity index (χ2n) is 5.58. The first-order valence-corrected chi connectivity index (χ1v) is 9.06. The Kier molecular flexibility index (Phi) is 5.83. The molecule has 0 spiro atoms. The first-order valence-electron chi connectivity index (χ1n) is 7.87. The van der Waals surface area contributed by atoms with Crippen molar-refractivity contribution in [2.24, 2.45) is 4.99 Å². The minimum atomic E-state index is -1.30. The van der Waals surface area contributed by atoms with Gasteiger partial charge in [-0.25, -0.2) is 4.99 Å². The van der Waals surface area contributed by atoms with E-state index in [0.29, 0.717) is 32.1 Å². The molecule has 0 atom stereocenters. The third kappa shape index (κ3) is 4.90. The average Bonchev–Trinajstić information content (AvgIpc) is 2.90. The fourth-order valence-corrected chi connectivity index (χ4v) is 3.38. The number of rotatable bonds is 5. The summed E-state index contributed by atoms with van der Waals surface area (Å²) in [5.74, 6) is -1.09. The Hall–Kier alpha value is -2.77. The maximum atomic E-state index is 12.5. The van der Waals surface area contributed by atoms with Gasteiger partial charge in [0.15, 0.2) is 5.17 Å². The number of likely N-dealkylation sites (N-methyl/N-ethyl adjacent to an activating group) is 1. The molecule has 2 aromatic rings. The normalized spacial score (nSPS) is 17.0. The molecule has 6 nitrogen and oxygen atoms in total. The number of hydrogen-bond acceptors (Lipinski definition) is 6. The van der Waals surface area contributed by atoms with Gasteiger partial charge in [-0.2, -0.15) is 0 Å². The molecule has 1 heterocycles. The number of aliphatic carboxylic acids is 1. The summed E-state index contributed by atoms with van der Waals surface area (Å²) in [6.07, 6.45) is 1.71. The third-order valence-corrected chi connectivity index (χ3v) is 4.88. The molecule has 0 bridgehead atoms. The van der Waals surface area contributed by atoms with Gasteiger partial charge in [0.25, 0.3) is 5.91 Å². The number of carbonyl (C=O) groups is 2. The SMILES string of the molecule is CN1C(=O)/C(=C\c2cccc(OCC(=O)[O-])c2)SC1=Nc1ccc(Cl)cc1. The number of halogens is 1. The van der Waals surface area contributed by atoms with Gasteiger partial charge in [-0.15, -0.1) is 0 Å². The largest absolute Gasteiger partial charge is 0.546 e. The summed E-state index contributed by atoms with van der Waals surface area (Å²) in [5, 5.41) is 11.7.